The largest absolute Gasteiger partial charge is 0.490 e. The van der Waals surface area contributed by atoms with Gasteiger partial charge in [0.1, 0.15) is 5.70 Å². The summed E-state index contributed by atoms with van der Waals surface area (Å²) in [5, 5.41) is 26.1. The molecule has 0 saturated carbocycles. The van der Waals surface area contributed by atoms with Crippen molar-refractivity contribution in [2.24, 2.45) is 11.8 Å². The first-order valence-corrected chi connectivity index (χ1v) is 13.7. The fourth-order valence-electron chi connectivity index (χ4n) is 5.67. The highest BCUT2D eigenvalue weighted by molar-refractivity contribution is 8.03. The van der Waals surface area contributed by atoms with E-state index in [2.05, 4.69) is 10.6 Å². The number of nitrogens with one attached hydrogen (secondary N) is 2. The van der Waals surface area contributed by atoms with Gasteiger partial charge in [-0.25, -0.2) is 4.79 Å². The van der Waals surface area contributed by atoms with Crippen LogP contribution in [-0.4, -0.2) is 82.6 Å². The zero-order valence-electron chi connectivity index (χ0n) is 20.9. The molecule has 1 unspecified atom stereocenters. The number of amides is 2. The maximum atomic E-state index is 12.8. The lowest BCUT2D eigenvalue weighted by molar-refractivity contribution is -0.163. The first-order chi connectivity index (χ1) is 17.8. The number of hydrogen-bond acceptors (Lipinski definition) is 8. The van der Waals surface area contributed by atoms with E-state index in [0.29, 0.717) is 44.1 Å². The number of carboxylic acids is 1. The van der Waals surface area contributed by atoms with Crippen LogP contribution >= 0.6 is 11.8 Å². The third-order valence-electron chi connectivity index (χ3n) is 7.54. The quantitative estimate of drug-likeness (QED) is 0.364. The molecule has 4 heterocycles. The Morgan fingerprint density at radius 2 is 2.03 bits per heavy atom. The second-order valence-corrected chi connectivity index (χ2v) is 11.4. The van der Waals surface area contributed by atoms with E-state index < -0.39 is 18.0 Å². The predicted molar refractivity (Wildman–Crippen MR) is 136 cm³/mol. The zero-order chi connectivity index (χ0) is 26.3. The van der Waals surface area contributed by atoms with Crippen LogP contribution in [0.25, 0.3) is 0 Å². The molecule has 6 atom stereocenters. The lowest BCUT2D eigenvalue weighted by Crippen LogP contribution is -2.63. The van der Waals surface area contributed by atoms with Gasteiger partial charge >= 0.3 is 5.97 Å². The predicted octanol–water partition coefficient (Wildman–Crippen LogP) is 1.12. The fraction of sp³-hybridized carbons (Fsp3) is 0.577. The number of aliphatic hydroxyl groups excluding tert-OH is 1. The van der Waals surface area contributed by atoms with E-state index in [1.807, 2.05) is 25.1 Å². The maximum Gasteiger partial charge on any atom is 0.353 e. The van der Waals surface area contributed by atoms with Gasteiger partial charge in [0.25, 0.3) is 0 Å². The van der Waals surface area contributed by atoms with Gasteiger partial charge in [-0.1, -0.05) is 13.0 Å². The molecule has 0 radical (unpaired) electrons. The van der Waals surface area contributed by atoms with Crippen LogP contribution in [-0.2, 0) is 20.8 Å². The lowest BCUT2D eigenvalue weighted by atomic mass is 9.79. The summed E-state index contributed by atoms with van der Waals surface area (Å²) in [4.78, 5) is 39.3. The summed E-state index contributed by atoms with van der Waals surface area (Å²) in [6, 6.07) is 5.14. The molecule has 0 spiro atoms. The third-order valence-corrected chi connectivity index (χ3v) is 9.05. The minimum absolute atomic E-state index is 0.00285. The monoisotopic (exact) mass is 531 g/mol. The Morgan fingerprint density at radius 3 is 2.76 bits per heavy atom. The average Bonchev–Trinajstić information content (AvgIpc) is 3.32. The number of aliphatic hydroxyl groups is 1. The Balaban J connectivity index is 1.14. The van der Waals surface area contributed by atoms with Crippen LogP contribution in [0.1, 0.15) is 32.3 Å². The van der Waals surface area contributed by atoms with Crippen LogP contribution in [0.4, 0.5) is 0 Å². The molecule has 1 aromatic rings. The van der Waals surface area contributed by atoms with Gasteiger partial charge in [0.2, 0.25) is 11.8 Å². The number of nitrogens with zero attached hydrogens (tertiary/aromatic N) is 1. The number of rotatable bonds is 8. The molecule has 0 bridgehead atoms. The van der Waals surface area contributed by atoms with Gasteiger partial charge in [-0.15, -0.1) is 11.8 Å². The Morgan fingerprint density at radius 1 is 1.27 bits per heavy atom. The van der Waals surface area contributed by atoms with Crippen molar-refractivity contribution in [3.05, 3.63) is 34.4 Å². The van der Waals surface area contributed by atoms with E-state index in [1.54, 1.807) is 6.92 Å². The van der Waals surface area contributed by atoms with Crippen molar-refractivity contribution in [2.75, 3.05) is 26.3 Å². The molecule has 37 heavy (non-hydrogen) atoms. The topological polar surface area (TPSA) is 137 Å². The van der Waals surface area contributed by atoms with Crippen molar-refractivity contribution in [1.82, 2.24) is 15.5 Å². The molecule has 4 aliphatic rings. The Labute approximate surface area is 219 Å². The first-order valence-electron chi connectivity index (χ1n) is 12.8. The van der Waals surface area contributed by atoms with E-state index in [0.717, 1.165) is 23.5 Å². The normalized spacial score (nSPS) is 29.4. The van der Waals surface area contributed by atoms with Crippen LogP contribution in [0, 0.1) is 11.8 Å². The van der Waals surface area contributed by atoms with Gasteiger partial charge in [-0.05, 0) is 37.5 Å². The number of hydrogen-bond donors (Lipinski definition) is 4. The van der Waals surface area contributed by atoms with Crippen molar-refractivity contribution in [3.63, 3.8) is 0 Å². The van der Waals surface area contributed by atoms with E-state index in [1.165, 1.54) is 16.7 Å². The SMILES string of the molecule is C[C@@H](O)[C@H]1C(=O)N2C(C(=O)O)=C(S[C@@H]3CNC(C(=O)NCCc4ccc5c(c4)OCCCO5)C3)[C@H](C)[C@H]12. The minimum atomic E-state index is -1.13. The van der Waals surface area contributed by atoms with Crippen LogP contribution in [0.5, 0.6) is 11.5 Å². The summed E-state index contributed by atoms with van der Waals surface area (Å²) in [6.45, 7) is 5.79. The highest BCUT2D eigenvalue weighted by Crippen LogP contribution is 2.51. The van der Waals surface area contributed by atoms with Crippen LogP contribution in [0.2, 0.25) is 0 Å². The standard InChI is InChI=1S/C26H33N3O7S/c1-13-21-20(14(2)30)25(32)29(21)22(26(33)34)23(13)37-16-11-17(28-12-16)24(31)27-7-6-15-4-5-18-19(10-15)36-9-3-8-35-18/h4-5,10,13-14,16-17,20-21,28,30H,3,6-9,11-12H2,1-2H3,(H,27,31)(H,33,34)/t13-,14-,16+,17?,20-,21-/m1/s1. The Bertz CT molecular complexity index is 1120. The highest BCUT2D eigenvalue weighted by atomic mass is 32.2. The van der Waals surface area contributed by atoms with Crippen molar-refractivity contribution in [2.45, 2.75) is 56.5 Å². The molecule has 4 N–H and O–H groups in total. The summed E-state index contributed by atoms with van der Waals surface area (Å²) < 4.78 is 11.4. The third kappa shape index (κ3) is 4.92. The van der Waals surface area contributed by atoms with Crippen molar-refractivity contribution in [3.8, 4) is 11.5 Å². The van der Waals surface area contributed by atoms with Crippen molar-refractivity contribution >= 4 is 29.5 Å². The van der Waals surface area contributed by atoms with Gasteiger partial charge < -0.3 is 35.2 Å². The van der Waals surface area contributed by atoms with Crippen LogP contribution in [0.3, 0.4) is 0 Å². The molecular formula is C26H33N3O7S. The second kappa shape index (κ2) is 10.5. The second-order valence-electron chi connectivity index (χ2n) is 10.1. The fourth-order valence-corrected chi connectivity index (χ4v) is 7.15. The van der Waals surface area contributed by atoms with Gasteiger partial charge in [-0.2, -0.15) is 0 Å². The number of ether oxygens (including phenoxy) is 2. The smallest absolute Gasteiger partial charge is 0.353 e. The molecule has 200 valence electrons. The molecule has 11 heteroatoms. The number of benzene rings is 1. The van der Waals surface area contributed by atoms with Gasteiger partial charge in [0, 0.05) is 35.6 Å². The molecule has 1 aromatic carbocycles. The number of carboxylic acid groups (broad SMARTS) is 1. The molecule has 2 amide bonds. The van der Waals surface area contributed by atoms with Crippen LogP contribution in [0.15, 0.2) is 28.8 Å². The summed E-state index contributed by atoms with van der Waals surface area (Å²) in [6.07, 6.45) is 1.24. The minimum Gasteiger partial charge on any atom is -0.490 e. The number of aliphatic carboxylic acids is 1. The zero-order valence-corrected chi connectivity index (χ0v) is 21.8. The van der Waals surface area contributed by atoms with E-state index >= 15 is 0 Å². The Hall–Kier alpha value is -2.76. The number of fused-ring (bicyclic) bond motifs is 2. The van der Waals surface area contributed by atoms with Crippen molar-refractivity contribution < 1.29 is 34.1 Å². The molecule has 0 aromatic heterocycles. The molecule has 10 nitrogen and oxygen atoms in total. The number of carbonyl (C=O) groups is 3. The summed E-state index contributed by atoms with van der Waals surface area (Å²) in [7, 11) is 0. The van der Waals surface area contributed by atoms with Gasteiger partial charge in [-0.3, -0.25) is 9.59 Å². The van der Waals surface area contributed by atoms with Crippen LogP contribution < -0.4 is 20.1 Å². The molecule has 5 rings (SSSR count). The lowest BCUT2D eigenvalue weighted by Gasteiger charge is -2.46. The maximum absolute atomic E-state index is 12.8. The average molecular weight is 532 g/mol. The first kappa shape index (κ1) is 25.9. The summed E-state index contributed by atoms with van der Waals surface area (Å²) in [5.74, 6) is -0.840. The Kier molecular flexibility index (Phi) is 7.37. The number of carbonyl (C=O) groups excluding carboxylic acids is 2. The molecule has 2 saturated heterocycles. The van der Waals surface area contributed by atoms with Crippen molar-refractivity contribution in [1.29, 1.82) is 0 Å². The van der Waals surface area contributed by atoms with Gasteiger partial charge in [0.15, 0.2) is 11.5 Å². The van der Waals surface area contributed by atoms with E-state index in [4.69, 9.17) is 9.47 Å². The molecular weight excluding hydrogens is 498 g/mol. The van der Waals surface area contributed by atoms with Gasteiger partial charge in [0.05, 0.1) is 37.3 Å². The summed E-state index contributed by atoms with van der Waals surface area (Å²) in [5.41, 5.74) is 1.07. The molecule has 0 aliphatic carbocycles. The highest BCUT2D eigenvalue weighted by Gasteiger charge is 2.60. The molecule has 2 fully saturated rings. The molecule has 4 aliphatic heterocycles. The van der Waals surface area contributed by atoms with E-state index in [9.17, 15) is 24.6 Å². The van der Waals surface area contributed by atoms with E-state index in [-0.39, 0.29) is 40.8 Å². The summed E-state index contributed by atoms with van der Waals surface area (Å²) >= 11 is 1.43. The number of β-lactam (4-membered cyclic amide) rings is 1. The number of thioether (sulfide) groups is 1.